The second kappa shape index (κ2) is 6.97. The quantitative estimate of drug-likeness (QED) is 0.904. The molecule has 6 heteroatoms. The number of hydrogen-bond donors (Lipinski definition) is 1. The standard InChI is InChI=1S/C18H17NO4S/c1-23-13-8-6-12(7-9-13)10-16-18(22)19(11-17(20)21)14-4-2-3-5-15(14)24-16/h2-9,16H,10-11H2,1H3,(H,20,21). The van der Waals surface area contributed by atoms with Crippen molar-refractivity contribution in [2.75, 3.05) is 18.6 Å². The number of para-hydroxylation sites is 1. The van der Waals surface area contributed by atoms with Crippen molar-refractivity contribution in [2.45, 2.75) is 16.6 Å². The zero-order valence-electron chi connectivity index (χ0n) is 13.1. The lowest BCUT2D eigenvalue weighted by molar-refractivity contribution is -0.136. The van der Waals surface area contributed by atoms with Crippen molar-refractivity contribution in [3.63, 3.8) is 0 Å². The van der Waals surface area contributed by atoms with Gasteiger partial charge in [0.05, 0.1) is 18.0 Å². The predicted molar refractivity (Wildman–Crippen MR) is 92.8 cm³/mol. The molecular formula is C18H17NO4S. The zero-order valence-corrected chi connectivity index (χ0v) is 14.0. The summed E-state index contributed by atoms with van der Waals surface area (Å²) in [4.78, 5) is 26.2. The Morgan fingerprint density at radius 1 is 1.21 bits per heavy atom. The summed E-state index contributed by atoms with van der Waals surface area (Å²) < 4.78 is 5.14. The molecule has 2 aromatic rings. The first-order valence-electron chi connectivity index (χ1n) is 7.50. The van der Waals surface area contributed by atoms with Gasteiger partial charge in [-0.3, -0.25) is 14.5 Å². The number of anilines is 1. The van der Waals surface area contributed by atoms with Gasteiger partial charge in [-0.1, -0.05) is 24.3 Å². The lowest BCUT2D eigenvalue weighted by Gasteiger charge is -2.32. The van der Waals surface area contributed by atoms with Gasteiger partial charge in [0.15, 0.2) is 0 Å². The molecule has 2 aromatic carbocycles. The number of carbonyl (C=O) groups is 2. The van der Waals surface area contributed by atoms with E-state index in [9.17, 15) is 9.59 Å². The molecule has 124 valence electrons. The summed E-state index contributed by atoms with van der Waals surface area (Å²) >= 11 is 1.49. The van der Waals surface area contributed by atoms with Crippen LogP contribution in [0.3, 0.4) is 0 Å². The average Bonchev–Trinajstić information content (AvgIpc) is 2.59. The summed E-state index contributed by atoms with van der Waals surface area (Å²) in [6.07, 6.45) is 0.540. The minimum Gasteiger partial charge on any atom is -0.497 e. The smallest absolute Gasteiger partial charge is 0.323 e. The van der Waals surface area contributed by atoms with Crippen LogP contribution in [-0.2, 0) is 16.0 Å². The van der Waals surface area contributed by atoms with E-state index in [1.165, 1.54) is 16.7 Å². The molecular weight excluding hydrogens is 326 g/mol. The number of carboxylic acids is 1. The van der Waals surface area contributed by atoms with Gasteiger partial charge in [0.25, 0.3) is 0 Å². The van der Waals surface area contributed by atoms with Gasteiger partial charge in [-0.05, 0) is 36.2 Å². The second-order valence-electron chi connectivity index (χ2n) is 5.44. The highest BCUT2D eigenvalue weighted by Gasteiger charge is 2.34. The van der Waals surface area contributed by atoms with Gasteiger partial charge in [-0.15, -0.1) is 11.8 Å². The van der Waals surface area contributed by atoms with Crippen LogP contribution in [0.2, 0.25) is 0 Å². The number of nitrogens with zero attached hydrogens (tertiary/aromatic N) is 1. The Morgan fingerprint density at radius 3 is 2.58 bits per heavy atom. The maximum absolute atomic E-state index is 12.8. The van der Waals surface area contributed by atoms with Gasteiger partial charge in [0, 0.05) is 4.90 Å². The lowest BCUT2D eigenvalue weighted by atomic mass is 10.1. The minimum absolute atomic E-state index is 0.170. The second-order valence-corrected chi connectivity index (χ2v) is 6.69. The van der Waals surface area contributed by atoms with E-state index in [0.29, 0.717) is 12.1 Å². The number of hydrogen-bond acceptors (Lipinski definition) is 4. The molecule has 1 amide bonds. The van der Waals surface area contributed by atoms with Crippen molar-refractivity contribution in [3.8, 4) is 5.75 Å². The molecule has 3 rings (SSSR count). The monoisotopic (exact) mass is 343 g/mol. The first-order chi connectivity index (χ1) is 11.6. The third-order valence-corrected chi connectivity index (χ3v) is 5.09. The number of aliphatic carboxylic acids is 1. The van der Waals surface area contributed by atoms with Crippen LogP contribution in [0.4, 0.5) is 5.69 Å². The fraction of sp³-hybridized carbons (Fsp3) is 0.222. The van der Waals surface area contributed by atoms with E-state index < -0.39 is 5.97 Å². The van der Waals surface area contributed by atoms with Crippen molar-refractivity contribution in [3.05, 3.63) is 54.1 Å². The molecule has 1 atom stereocenters. The van der Waals surface area contributed by atoms with Crippen LogP contribution in [0.5, 0.6) is 5.75 Å². The Bertz CT molecular complexity index is 760. The molecule has 0 saturated carbocycles. The van der Waals surface area contributed by atoms with Gasteiger partial charge < -0.3 is 9.84 Å². The van der Waals surface area contributed by atoms with Crippen LogP contribution in [0.15, 0.2) is 53.4 Å². The van der Waals surface area contributed by atoms with Crippen LogP contribution in [0.25, 0.3) is 0 Å². The number of thioether (sulfide) groups is 1. The molecule has 1 N–H and O–H groups in total. The van der Waals surface area contributed by atoms with Crippen LogP contribution in [-0.4, -0.2) is 35.9 Å². The molecule has 0 radical (unpaired) electrons. The molecule has 0 aliphatic carbocycles. The molecule has 1 unspecified atom stereocenters. The third-order valence-electron chi connectivity index (χ3n) is 3.84. The summed E-state index contributed by atoms with van der Waals surface area (Å²) in [7, 11) is 1.61. The topological polar surface area (TPSA) is 66.8 Å². The lowest BCUT2D eigenvalue weighted by Crippen LogP contribution is -2.44. The van der Waals surface area contributed by atoms with Crippen molar-refractivity contribution < 1.29 is 19.4 Å². The highest BCUT2D eigenvalue weighted by Crippen LogP contribution is 2.40. The molecule has 1 heterocycles. The summed E-state index contributed by atoms with van der Waals surface area (Å²) in [5.41, 5.74) is 1.68. The Morgan fingerprint density at radius 2 is 1.92 bits per heavy atom. The molecule has 0 bridgehead atoms. The molecule has 0 aromatic heterocycles. The highest BCUT2D eigenvalue weighted by atomic mass is 32.2. The predicted octanol–water partition coefficient (Wildman–Crippen LogP) is 2.83. The summed E-state index contributed by atoms with van der Waals surface area (Å²) in [6.45, 7) is -0.324. The molecule has 0 spiro atoms. The van der Waals surface area contributed by atoms with E-state index in [1.807, 2.05) is 42.5 Å². The van der Waals surface area contributed by atoms with Gasteiger partial charge in [0.1, 0.15) is 12.3 Å². The molecule has 1 aliphatic rings. The van der Waals surface area contributed by atoms with E-state index in [2.05, 4.69) is 0 Å². The van der Waals surface area contributed by atoms with E-state index >= 15 is 0 Å². The first kappa shape index (κ1) is 16.4. The SMILES string of the molecule is COc1ccc(CC2Sc3ccccc3N(CC(=O)O)C2=O)cc1. The number of carboxylic acid groups (broad SMARTS) is 1. The minimum atomic E-state index is -1.02. The van der Waals surface area contributed by atoms with Gasteiger partial charge >= 0.3 is 5.97 Å². The number of benzene rings is 2. The first-order valence-corrected chi connectivity index (χ1v) is 8.38. The van der Waals surface area contributed by atoms with Crippen LogP contribution in [0.1, 0.15) is 5.56 Å². The van der Waals surface area contributed by atoms with Gasteiger partial charge in [-0.25, -0.2) is 0 Å². The Hall–Kier alpha value is -2.47. The largest absolute Gasteiger partial charge is 0.497 e. The van der Waals surface area contributed by atoms with Crippen molar-refractivity contribution >= 4 is 29.3 Å². The van der Waals surface area contributed by atoms with E-state index in [-0.39, 0.29) is 17.7 Å². The Kier molecular flexibility index (Phi) is 4.76. The normalized spacial score (nSPS) is 16.6. The van der Waals surface area contributed by atoms with E-state index in [0.717, 1.165) is 16.2 Å². The summed E-state index contributed by atoms with van der Waals surface area (Å²) in [6, 6.07) is 15.0. The van der Waals surface area contributed by atoms with Crippen LogP contribution >= 0.6 is 11.8 Å². The molecule has 24 heavy (non-hydrogen) atoms. The molecule has 0 saturated heterocycles. The molecule has 1 aliphatic heterocycles. The van der Waals surface area contributed by atoms with Crippen LogP contribution in [0, 0.1) is 0 Å². The number of fused-ring (bicyclic) bond motifs is 1. The fourth-order valence-corrected chi connectivity index (χ4v) is 3.95. The number of methoxy groups -OCH3 is 1. The third kappa shape index (κ3) is 3.38. The maximum Gasteiger partial charge on any atom is 0.323 e. The summed E-state index contributed by atoms with van der Waals surface area (Å²) in [5, 5.41) is 8.79. The summed E-state index contributed by atoms with van der Waals surface area (Å²) in [5.74, 6) is -0.426. The van der Waals surface area contributed by atoms with Crippen molar-refractivity contribution in [2.24, 2.45) is 0 Å². The molecule has 0 fully saturated rings. The zero-order chi connectivity index (χ0) is 17.1. The van der Waals surface area contributed by atoms with Crippen molar-refractivity contribution in [1.29, 1.82) is 0 Å². The number of ether oxygens (including phenoxy) is 1. The van der Waals surface area contributed by atoms with Crippen LogP contribution < -0.4 is 9.64 Å². The highest BCUT2D eigenvalue weighted by molar-refractivity contribution is 8.01. The maximum atomic E-state index is 12.8. The Labute approximate surface area is 144 Å². The number of amides is 1. The van der Waals surface area contributed by atoms with E-state index in [4.69, 9.17) is 9.84 Å². The van der Waals surface area contributed by atoms with E-state index in [1.54, 1.807) is 13.2 Å². The average molecular weight is 343 g/mol. The number of rotatable bonds is 5. The van der Waals surface area contributed by atoms with Gasteiger partial charge in [-0.2, -0.15) is 0 Å². The van der Waals surface area contributed by atoms with Crippen molar-refractivity contribution in [1.82, 2.24) is 0 Å². The number of carbonyl (C=O) groups excluding carboxylic acids is 1. The molecule has 5 nitrogen and oxygen atoms in total. The Balaban J connectivity index is 1.86. The van der Waals surface area contributed by atoms with Gasteiger partial charge in [0.2, 0.25) is 5.91 Å². The fourth-order valence-electron chi connectivity index (χ4n) is 2.68.